The Morgan fingerprint density at radius 2 is 2.09 bits per heavy atom. The molecule has 1 amide bonds. The third-order valence-electron chi connectivity index (χ3n) is 3.85. The molecule has 1 aliphatic rings. The Hall–Kier alpha value is -2.82. The Morgan fingerprint density at radius 1 is 1.27 bits per heavy atom. The number of nitrogens with zero attached hydrogens (tertiary/aromatic N) is 1. The Bertz CT molecular complexity index is 754. The maximum Gasteiger partial charge on any atom is 0.254 e. The minimum absolute atomic E-state index is 0.111. The lowest BCUT2D eigenvalue weighted by atomic mass is 10.1. The first-order valence-electron chi connectivity index (χ1n) is 6.86. The second-order valence-corrected chi connectivity index (χ2v) is 5.15. The van der Waals surface area contributed by atoms with Crippen molar-refractivity contribution >= 4 is 12.2 Å². The minimum atomic E-state index is -0.179. The number of hydrogen-bond acceptors (Lipinski definition) is 4. The van der Waals surface area contributed by atoms with E-state index in [0.717, 1.165) is 16.9 Å². The fraction of sp³-hybridized carbons (Fsp3) is 0.176. The average molecular weight is 297 g/mol. The van der Waals surface area contributed by atoms with Gasteiger partial charge in [-0.3, -0.25) is 9.59 Å². The molecule has 5 nitrogen and oxygen atoms in total. The van der Waals surface area contributed by atoms with Crippen molar-refractivity contribution < 1.29 is 19.4 Å². The monoisotopic (exact) mass is 297 g/mol. The predicted octanol–water partition coefficient (Wildman–Crippen LogP) is 2.37. The summed E-state index contributed by atoms with van der Waals surface area (Å²) in [7, 11) is 1.61. The van der Waals surface area contributed by atoms with Crippen molar-refractivity contribution in [2.75, 3.05) is 7.11 Å². The van der Waals surface area contributed by atoms with Crippen LogP contribution in [0.25, 0.3) is 0 Å². The molecule has 0 aromatic heterocycles. The van der Waals surface area contributed by atoms with Crippen LogP contribution in [-0.2, 0) is 13.1 Å². The van der Waals surface area contributed by atoms with Crippen molar-refractivity contribution in [3.8, 4) is 11.5 Å². The second-order valence-electron chi connectivity index (χ2n) is 5.15. The summed E-state index contributed by atoms with van der Waals surface area (Å²) in [5, 5.41) is 9.52. The molecule has 5 heteroatoms. The molecule has 0 radical (unpaired) electrons. The number of amides is 1. The van der Waals surface area contributed by atoms with Crippen LogP contribution in [0.1, 0.15) is 31.8 Å². The molecule has 1 aliphatic heterocycles. The molecule has 22 heavy (non-hydrogen) atoms. The van der Waals surface area contributed by atoms with E-state index in [1.807, 2.05) is 18.2 Å². The summed E-state index contributed by atoms with van der Waals surface area (Å²) >= 11 is 0. The quantitative estimate of drug-likeness (QED) is 0.883. The smallest absolute Gasteiger partial charge is 0.254 e. The van der Waals surface area contributed by atoms with Gasteiger partial charge in [0, 0.05) is 17.7 Å². The summed E-state index contributed by atoms with van der Waals surface area (Å²) < 4.78 is 5.33. The first-order valence-corrected chi connectivity index (χ1v) is 6.86. The molecule has 0 bridgehead atoms. The van der Waals surface area contributed by atoms with Gasteiger partial charge in [0.25, 0.3) is 5.91 Å². The van der Waals surface area contributed by atoms with Gasteiger partial charge in [-0.25, -0.2) is 0 Å². The van der Waals surface area contributed by atoms with Crippen LogP contribution in [0.5, 0.6) is 11.5 Å². The average Bonchev–Trinajstić information content (AvgIpc) is 2.98. The Labute approximate surface area is 127 Å². The van der Waals surface area contributed by atoms with E-state index in [1.165, 1.54) is 18.2 Å². The number of aldehydes is 1. The van der Waals surface area contributed by atoms with E-state index in [-0.39, 0.29) is 17.2 Å². The lowest BCUT2D eigenvalue weighted by Crippen LogP contribution is -2.25. The molecule has 0 saturated heterocycles. The van der Waals surface area contributed by atoms with E-state index < -0.39 is 0 Å². The Balaban J connectivity index is 1.88. The van der Waals surface area contributed by atoms with Gasteiger partial charge in [-0.15, -0.1) is 0 Å². The third kappa shape index (κ3) is 2.30. The van der Waals surface area contributed by atoms with E-state index in [0.29, 0.717) is 24.9 Å². The maximum absolute atomic E-state index is 12.6. The van der Waals surface area contributed by atoms with Crippen LogP contribution in [-0.4, -0.2) is 29.3 Å². The van der Waals surface area contributed by atoms with Crippen molar-refractivity contribution in [1.82, 2.24) is 4.90 Å². The molecule has 2 aromatic carbocycles. The summed E-state index contributed by atoms with van der Waals surface area (Å²) in [6.07, 6.45) is 0.536. The topological polar surface area (TPSA) is 66.8 Å². The standard InChI is InChI=1S/C17H15NO4/c1-22-16-4-2-3-12-8-18(9-14(12)16)17(21)11-5-6-15(20)13(7-11)10-19/h2-7,10,20H,8-9H2,1H3. The van der Waals surface area contributed by atoms with E-state index >= 15 is 0 Å². The zero-order chi connectivity index (χ0) is 15.7. The Kier molecular flexibility index (Phi) is 3.55. The summed E-state index contributed by atoms with van der Waals surface area (Å²) in [6, 6.07) is 10.0. The van der Waals surface area contributed by atoms with Crippen molar-refractivity contribution in [2.45, 2.75) is 13.1 Å². The lowest BCUT2D eigenvalue weighted by Gasteiger charge is -2.16. The van der Waals surface area contributed by atoms with Crippen molar-refractivity contribution in [2.24, 2.45) is 0 Å². The first kappa shape index (κ1) is 14.1. The number of ether oxygens (including phenoxy) is 1. The summed E-state index contributed by atoms with van der Waals surface area (Å²) in [6.45, 7) is 0.970. The van der Waals surface area contributed by atoms with Crippen LogP contribution in [0, 0.1) is 0 Å². The van der Waals surface area contributed by atoms with Crippen LogP contribution >= 0.6 is 0 Å². The Morgan fingerprint density at radius 3 is 2.82 bits per heavy atom. The molecule has 1 N–H and O–H groups in total. The van der Waals surface area contributed by atoms with Gasteiger partial charge in [-0.05, 0) is 29.8 Å². The number of carbonyl (C=O) groups excluding carboxylic acids is 2. The highest BCUT2D eigenvalue weighted by Gasteiger charge is 2.26. The molecule has 0 aliphatic carbocycles. The van der Waals surface area contributed by atoms with Gasteiger partial charge in [0.2, 0.25) is 0 Å². The maximum atomic E-state index is 12.6. The molecule has 1 heterocycles. The third-order valence-corrected chi connectivity index (χ3v) is 3.85. The van der Waals surface area contributed by atoms with Gasteiger partial charge in [0.05, 0.1) is 19.2 Å². The summed E-state index contributed by atoms with van der Waals surface area (Å²) in [5.41, 5.74) is 2.56. The molecular weight excluding hydrogens is 282 g/mol. The highest BCUT2D eigenvalue weighted by Crippen LogP contribution is 2.31. The van der Waals surface area contributed by atoms with Gasteiger partial charge < -0.3 is 14.7 Å². The molecule has 0 fully saturated rings. The number of aromatic hydroxyl groups is 1. The molecule has 0 saturated carbocycles. The highest BCUT2D eigenvalue weighted by atomic mass is 16.5. The number of fused-ring (bicyclic) bond motifs is 1. The predicted molar refractivity (Wildman–Crippen MR) is 80.1 cm³/mol. The van der Waals surface area contributed by atoms with Crippen LogP contribution in [0.4, 0.5) is 0 Å². The van der Waals surface area contributed by atoms with Gasteiger partial charge in [-0.1, -0.05) is 12.1 Å². The van der Waals surface area contributed by atoms with Gasteiger partial charge in [-0.2, -0.15) is 0 Å². The number of hydrogen-bond donors (Lipinski definition) is 1. The van der Waals surface area contributed by atoms with Crippen LogP contribution in [0.15, 0.2) is 36.4 Å². The van der Waals surface area contributed by atoms with Crippen LogP contribution in [0.2, 0.25) is 0 Å². The fourth-order valence-corrected chi connectivity index (χ4v) is 2.69. The summed E-state index contributed by atoms with van der Waals surface area (Å²) in [4.78, 5) is 25.2. The normalized spacial score (nSPS) is 12.9. The van der Waals surface area contributed by atoms with Crippen molar-refractivity contribution in [3.63, 3.8) is 0 Å². The molecule has 3 rings (SSSR count). The minimum Gasteiger partial charge on any atom is -0.507 e. The number of carbonyl (C=O) groups is 2. The molecular formula is C17H15NO4. The summed E-state index contributed by atoms with van der Waals surface area (Å²) in [5.74, 6) is 0.464. The zero-order valence-corrected chi connectivity index (χ0v) is 12.1. The highest BCUT2D eigenvalue weighted by molar-refractivity contribution is 5.96. The number of phenols is 1. The SMILES string of the molecule is COc1cccc2c1CN(C(=O)c1ccc(O)c(C=O)c1)C2. The molecule has 0 unspecified atom stereocenters. The number of benzene rings is 2. The van der Waals surface area contributed by atoms with E-state index in [4.69, 9.17) is 4.74 Å². The lowest BCUT2D eigenvalue weighted by molar-refractivity contribution is 0.0751. The van der Waals surface area contributed by atoms with Crippen molar-refractivity contribution in [1.29, 1.82) is 0 Å². The zero-order valence-electron chi connectivity index (χ0n) is 12.1. The van der Waals surface area contributed by atoms with Crippen molar-refractivity contribution in [3.05, 3.63) is 58.7 Å². The second kappa shape index (κ2) is 5.52. The molecule has 0 atom stereocenters. The van der Waals surface area contributed by atoms with E-state index in [1.54, 1.807) is 12.0 Å². The number of methoxy groups -OCH3 is 1. The van der Waals surface area contributed by atoms with Gasteiger partial charge >= 0.3 is 0 Å². The molecule has 112 valence electrons. The number of phenolic OH excluding ortho intramolecular Hbond substituents is 1. The molecule has 0 spiro atoms. The number of rotatable bonds is 3. The van der Waals surface area contributed by atoms with Gasteiger partial charge in [0.1, 0.15) is 11.5 Å². The van der Waals surface area contributed by atoms with E-state index in [2.05, 4.69) is 0 Å². The van der Waals surface area contributed by atoms with Crippen LogP contribution in [0.3, 0.4) is 0 Å². The first-order chi connectivity index (χ1) is 10.6. The largest absolute Gasteiger partial charge is 0.507 e. The van der Waals surface area contributed by atoms with Gasteiger partial charge in [0.15, 0.2) is 6.29 Å². The van der Waals surface area contributed by atoms with Crippen LogP contribution < -0.4 is 4.74 Å². The van der Waals surface area contributed by atoms with E-state index in [9.17, 15) is 14.7 Å². The molecule has 2 aromatic rings. The fourth-order valence-electron chi connectivity index (χ4n) is 2.69.